The molecule has 5 heteroatoms. The lowest BCUT2D eigenvalue weighted by Crippen LogP contribution is -2.35. The van der Waals surface area contributed by atoms with Crippen LogP contribution in [0.15, 0.2) is 36.4 Å². The molecule has 2 N–H and O–H groups in total. The van der Waals surface area contributed by atoms with Crippen molar-refractivity contribution in [2.45, 2.75) is 25.7 Å². The Morgan fingerprint density at radius 3 is 2.32 bits per heavy atom. The Bertz CT molecular complexity index is 870. The largest absolute Gasteiger partial charge is 0.507 e. The number of carbonyl (C=O) groups is 2. The maximum absolute atomic E-state index is 12.9. The topological polar surface area (TPSA) is 77.8 Å². The number of benzene rings is 2. The third-order valence-electron chi connectivity index (χ3n) is 4.96. The lowest BCUT2D eigenvalue weighted by atomic mass is 9.76. The third-order valence-corrected chi connectivity index (χ3v) is 4.96. The van der Waals surface area contributed by atoms with Crippen LogP contribution in [-0.2, 0) is 5.41 Å². The maximum atomic E-state index is 12.9. The fraction of sp³-hybridized carbons (Fsp3) is 0.300. The second kappa shape index (κ2) is 5.92. The summed E-state index contributed by atoms with van der Waals surface area (Å²) in [5.74, 6) is -1.71. The van der Waals surface area contributed by atoms with Crippen molar-refractivity contribution in [1.82, 2.24) is 0 Å². The smallest absolute Gasteiger partial charge is 0.336 e. The highest BCUT2D eigenvalue weighted by atomic mass is 16.4. The molecule has 0 unspecified atom stereocenters. The average Bonchev–Trinajstić information content (AvgIpc) is 2.57. The second-order valence-corrected chi connectivity index (χ2v) is 7.09. The van der Waals surface area contributed by atoms with Crippen LogP contribution < -0.4 is 4.90 Å². The zero-order valence-corrected chi connectivity index (χ0v) is 14.5. The Morgan fingerprint density at radius 1 is 1.04 bits per heavy atom. The van der Waals surface area contributed by atoms with Crippen LogP contribution in [-0.4, -0.2) is 35.6 Å². The molecule has 0 amide bonds. The van der Waals surface area contributed by atoms with E-state index in [0.717, 1.165) is 24.2 Å². The molecular weight excluding hydrogens is 318 g/mol. The Kier molecular flexibility index (Phi) is 4.03. The molecule has 0 saturated heterocycles. The van der Waals surface area contributed by atoms with Gasteiger partial charge in [-0.3, -0.25) is 4.79 Å². The van der Waals surface area contributed by atoms with Gasteiger partial charge in [-0.15, -0.1) is 0 Å². The SMILES string of the molecule is CN1CCC(C)(C)c2c1ccc(C(=O)c1ccccc1C(=O)O)c2O. The first kappa shape index (κ1) is 17.0. The van der Waals surface area contributed by atoms with Crippen molar-refractivity contribution in [3.63, 3.8) is 0 Å². The van der Waals surface area contributed by atoms with Crippen LogP contribution in [0.1, 0.15) is 52.1 Å². The molecule has 1 aliphatic heterocycles. The van der Waals surface area contributed by atoms with Crippen molar-refractivity contribution < 1.29 is 19.8 Å². The van der Waals surface area contributed by atoms with Crippen LogP contribution in [0, 0.1) is 0 Å². The molecule has 0 radical (unpaired) electrons. The van der Waals surface area contributed by atoms with E-state index >= 15 is 0 Å². The zero-order chi connectivity index (χ0) is 18.4. The average molecular weight is 339 g/mol. The number of carbonyl (C=O) groups excluding carboxylic acids is 1. The molecule has 2 aromatic carbocycles. The first-order chi connectivity index (χ1) is 11.7. The number of aromatic hydroxyl groups is 1. The van der Waals surface area contributed by atoms with Crippen LogP contribution in [0.5, 0.6) is 5.75 Å². The van der Waals surface area contributed by atoms with Crippen molar-refractivity contribution in [2.75, 3.05) is 18.5 Å². The number of phenols is 1. The van der Waals surface area contributed by atoms with Crippen molar-refractivity contribution in [2.24, 2.45) is 0 Å². The summed E-state index contributed by atoms with van der Waals surface area (Å²) in [6.45, 7) is 4.95. The number of hydrogen-bond donors (Lipinski definition) is 2. The van der Waals surface area contributed by atoms with Gasteiger partial charge >= 0.3 is 5.97 Å². The first-order valence-electron chi connectivity index (χ1n) is 8.18. The normalized spacial score (nSPS) is 15.6. The number of carboxylic acids is 1. The van der Waals surface area contributed by atoms with E-state index in [1.807, 2.05) is 27.0 Å². The van der Waals surface area contributed by atoms with Gasteiger partial charge in [-0.2, -0.15) is 0 Å². The molecule has 0 spiro atoms. The molecule has 130 valence electrons. The molecule has 0 atom stereocenters. The minimum atomic E-state index is -1.17. The van der Waals surface area contributed by atoms with E-state index in [9.17, 15) is 19.8 Å². The van der Waals surface area contributed by atoms with E-state index in [1.54, 1.807) is 18.2 Å². The maximum Gasteiger partial charge on any atom is 0.336 e. The monoisotopic (exact) mass is 339 g/mol. The number of hydrogen-bond acceptors (Lipinski definition) is 4. The third kappa shape index (κ3) is 2.76. The Labute approximate surface area is 146 Å². The number of carboxylic acid groups (broad SMARTS) is 1. The van der Waals surface area contributed by atoms with Crippen LogP contribution in [0.2, 0.25) is 0 Å². The van der Waals surface area contributed by atoms with Crippen LogP contribution >= 0.6 is 0 Å². The van der Waals surface area contributed by atoms with Gasteiger partial charge in [0, 0.05) is 30.4 Å². The number of aromatic carboxylic acids is 1. The Morgan fingerprint density at radius 2 is 1.68 bits per heavy atom. The second-order valence-electron chi connectivity index (χ2n) is 7.09. The van der Waals surface area contributed by atoms with Gasteiger partial charge in [0.05, 0.1) is 11.1 Å². The van der Waals surface area contributed by atoms with Gasteiger partial charge in [-0.25, -0.2) is 4.79 Å². The fourth-order valence-corrected chi connectivity index (χ4v) is 3.45. The molecule has 0 aromatic heterocycles. The molecule has 5 nitrogen and oxygen atoms in total. The lowest BCUT2D eigenvalue weighted by molar-refractivity contribution is 0.0692. The summed E-state index contributed by atoms with van der Waals surface area (Å²) in [6.07, 6.45) is 0.855. The standard InChI is InChI=1S/C20H21NO4/c1-20(2)10-11-21(3)15-9-8-14(18(23)16(15)20)17(22)12-6-4-5-7-13(12)19(24)25/h4-9,23H,10-11H2,1-3H3,(H,24,25). The molecular formula is C20H21NO4. The predicted octanol–water partition coefficient (Wildman–Crippen LogP) is 3.44. The number of phenolic OH excluding ortho intramolecular Hbond substituents is 1. The van der Waals surface area contributed by atoms with E-state index in [-0.39, 0.29) is 27.9 Å². The van der Waals surface area contributed by atoms with Gasteiger partial charge in [-0.1, -0.05) is 32.0 Å². The van der Waals surface area contributed by atoms with Crippen LogP contribution in [0.3, 0.4) is 0 Å². The van der Waals surface area contributed by atoms with Crippen molar-refractivity contribution in [1.29, 1.82) is 0 Å². The zero-order valence-electron chi connectivity index (χ0n) is 14.5. The van der Waals surface area contributed by atoms with E-state index in [0.29, 0.717) is 0 Å². The molecule has 0 aliphatic carbocycles. The van der Waals surface area contributed by atoms with Gasteiger partial charge in [0.15, 0.2) is 5.78 Å². The van der Waals surface area contributed by atoms with Crippen molar-refractivity contribution in [3.05, 3.63) is 58.7 Å². The molecule has 0 saturated carbocycles. The van der Waals surface area contributed by atoms with Crippen molar-refractivity contribution >= 4 is 17.4 Å². The highest BCUT2D eigenvalue weighted by molar-refractivity contribution is 6.15. The van der Waals surface area contributed by atoms with Crippen LogP contribution in [0.25, 0.3) is 0 Å². The Hall–Kier alpha value is -2.82. The van der Waals surface area contributed by atoms with E-state index in [4.69, 9.17) is 0 Å². The van der Waals surface area contributed by atoms with Crippen LogP contribution in [0.4, 0.5) is 5.69 Å². The summed E-state index contributed by atoms with van der Waals surface area (Å²) < 4.78 is 0. The highest BCUT2D eigenvalue weighted by Crippen LogP contribution is 2.45. The Balaban J connectivity index is 2.17. The van der Waals surface area contributed by atoms with E-state index < -0.39 is 11.8 Å². The van der Waals surface area contributed by atoms with E-state index in [1.165, 1.54) is 12.1 Å². The molecule has 1 heterocycles. The molecule has 0 bridgehead atoms. The van der Waals surface area contributed by atoms with Crippen molar-refractivity contribution in [3.8, 4) is 5.75 Å². The number of nitrogens with zero attached hydrogens (tertiary/aromatic N) is 1. The number of fused-ring (bicyclic) bond motifs is 1. The minimum absolute atomic E-state index is 0.0563. The summed E-state index contributed by atoms with van der Waals surface area (Å²) in [7, 11) is 1.95. The first-order valence-corrected chi connectivity index (χ1v) is 8.18. The fourth-order valence-electron chi connectivity index (χ4n) is 3.45. The molecule has 3 rings (SSSR count). The van der Waals surface area contributed by atoms with Gasteiger partial charge in [-0.05, 0) is 30.0 Å². The summed E-state index contributed by atoms with van der Waals surface area (Å²) >= 11 is 0. The molecule has 25 heavy (non-hydrogen) atoms. The molecule has 1 aliphatic rings. The van der Waals surface area contributed by atoms with Gasteiger partial charge in [0.1, 0.15) is 5.75 Å². The number of anilines is 1. The number of rotatable bonds is 3. The summed E-state index contributed by atoms with van der Waals surface area (Å²) in [5.41, 5.74) is 1.51. The quantitative estimate of drug-likeness (QED) is 0.838. The molecule has 0 fully saturated rings. The highest BCUT2D eigenvalue weighted by Gasteiger charge is 2.35. The predicted molar refractivity (Wildman–Crippen MR) is 95.9 cm³/mol. The summed E-state index contributed by atoms with van der Waals surface area (Å²) in [5, 5.41) is 20.2. The summed E-state index contributed by atoms with van der Waals surface area (Å²) in [4.78, 5) is 26.4. The molecule has 2 aromatic rings. The number of ketones is 1. The summed E-state index contributed by atoms with van der Waals surface area (Å²) in [6, 6.07) is 9.46. The lowest BCUT2D eigenvalue weighted by Gasteiger charge is -2.39. The van der Waals surface area contributed by atoms with Gasteiger partial charge in [0.25, 0.3) is 0 Å². The van der Waals surface area contributed by atoms with Gasteiger partial charge < -0.3 is 15.1 Å². The van der Waals surface area contributed by atoms with E-state index in [2.05, 4.69) is 4.90 Å². The minimum Gasteiger partial charge on any atom is -0.507 e. The van der Waals surface area contributed by atoms with Gasteiger partial charge in [0.2, 0.25) is 0 Å².